The van der Waals surface area contributed by atoms with Gasteiger partial charge in [-0.05, 0) is 34.1 Å². The third kappa shape index (κ3) is 4.49. The van der Waals surface area contributed by atoms with Gasteiger partial charge >= 0.3 is 5.97 Å². The number of rotatable bonds is 2. The summed E-state index contributed by atoms with van der Waals surface area (Å²) in [6.07, 6.45) is 0.979. The highest BCUT2D eigenvalue weighted by molar-refractivity contribution is 5.75. The fourth-order valence-corrected chi connectivity index (χ4v) is 1.69. The van der Waals surface area contributed by atoms with Gasteiger partial charge in [0.25, 0.3) is 0 Å². The zero-order chi connectivity index (χ0) is 12.2. The topological polar surface area (TPSA) is 38.8 Å². The largest absolute Gasteiger partial charge is 0.459 e. The Hall–Kier alpha value is -0.610. The lowest BCUT2D eigenvalue weighted by Crippen LogP contribution is -2.43. The molecule has 1 fully saturated rings. The molecule has 1 saturated heterocycles. The molecular formula is C12H23NO3. The number of hydrogen-bond donors (Lipinski definition) is 0. The second-order valence-electron chi connectivity index (χ2n) is 5.21. The summed E-state index contributed by atoms with van der Waals surface area (Å²) in [5, 5.41) is 0. The first kappa shape index (κ1) is 13.5. The normalized spacial score (nSPS) is 21.2. The van der Waals surface area contributed by atoms with Gasteiger partial charge in [0.2, 0.25) is 0 Å². The highest BCUT2D eigenvalue weighted by atomic mass is 16.6. The van der Waals surface area contributed by atoms with Crippen LogP contribution in [0.5, 0.6) is 0 Å². The van der Waals surface area contributed by atoms with E-state index in [1.165, 1.54) is 0 Å². The number of carbonyl (C=O) groups is 1. The predicted octanol–water partition coefficient (Wildman–Crippen LogP) is 1.44. The maximum absolute atomic E-state index is 11.9. The molecule has 1 heterocycles. The van der Waals surface area contributed by atoms with Crippen LogP contribution in [0.15, 0.2) is 0 Å². The first-order valence-corrected chi connectivity index (χ1v) is 5.95. The summed E-state index contributed by atoms with van der Waals surface area (Å²) in [5.41, 5.74) is -0.409. The van der Waals surface area contributed by atoms with Gasteiger partial charge in [-0.1, -0.05) is 0 Å². The van der Waals surface area contributed by atoms with Crippen molar-refractivity contribution in [1.29, 1.82) is 0 Å². The molecular weight excluding hydrogens is 206 g/mol. The molecule has 1 atom stereocenters. The SMILES string of the molecule is CC(C(=O)OC(C)(C)C)N1CCCOCC1. The van der Waals surface area contributed by atoms with Crippen molar-refractivity contribution in [1.82, 2.24) is 4.90 Å². The molecule has 4 nitrogen and oxygen atoms in total. The van der Waals surface area contributed by atoms with Crippen molar-refractivity contribution in [2.45, 2.75) is 45.8 Å². The van der Waals surface area contributed by atoms with E-state index in [4.69, 9.17) is 9.47 Å². The molecule has 0 aromatic carbocycles. The van der Waals surface area contributed by atoms with Crippen molar-refractivity contribution in [2.24, 2.45) is 0 Å². The van der Waals surface area contributed by atoms with E-state index in [-0.39, 0.29) is 12.0 Å². The van der Waals surface area contributed by atoms with E-state index in [0.29, 0.717) is 6.61 Å². The van der Waals surface area contributed by atoms with Crippen molar-refractivity contribution >= 4 is 5.97 Å². The molecule has 0 aliphatic carbocycles. The molecule has 4 heteroatoms. The van der Waals surface area contributed by atoms with Gasteiger partial charge in [-0.3, -0.25) is 9.69 Å². The quantitative estimate of drug-likeness (QED) is 0.672. The molecule has 0 radical (unpaired) electrons. The first-order chi connectivity index (χ1) is 7.40. The molecule has 1 aliphatic rings. The summed E-state index contributed by atoms with van der Waals surface area (Å²) in [6, 6.07) is -0.180. The van der Waals surface area contributed by atoms with E-state index < -0.39 is 5.60 Å². The molecule has 0 aromatic rings. The standard InChI is InChI=1S/C12H23NO3/c1-10(11(14)16-12(2,3)4)13-6-5-8-15-9-7-13/h10H,5-9H2,1-4H3. The summed E-state index contributed by atoms with van der Waals surface area (Å²) in [4.78, 5) is 14.0. The Labute approximate surface area is 97.9 Å². The summed E-state index contributed by atoms with van der Waals surface area (Å²) < 4.78 is 10.7. The van der Waals surface area contributed by atoms with Crippen LogP contribution in [0.1, 0.15) is 34.1 Å². The van der Waals surface area contributed by atoms with Crippen LogP contribution in [0.4, 0.5) is 0 Å². The van der Waals surface area contributed by atoms with E-state index in [0.717, 1.165) is 26.1 Å². The number of nitrogens with zero attached hydrogens (tertiary/aromatic N) is 1. The Bertz CT molecular complexity index is 227. The smallest absolute Gasteiger partial charge is 0.323 e. The van der Waals surface area contributed by atoms with Crippen LogP contribution in [0.2, 0.25) is 0 Å². The third-order valence-electron chi connectivity index (χ3n) is 2.55. The molecule has 0 bridgehead atoms. The monoisotopic (exact) mass is 229 g/mol. The van der Waals surface area contributed by atoms with E-state index in [1.54, 1.807) is 0 Å². The fraction of sp³-hybridized carbons (Fsp3) is 0.917. The highest BCUT2D eigenvalue weighted by Crippen LogP contribution is 2.12. The van der Waals surface area contributed by atoms with Crippen LogP contribution >= 0.6 is 0 Å². The van der Waals surface area contributed by atoms with E-state index in [1.807, 2.05) is 27.7 Å². The minimum Gasteiger partial charge on any atom is -0.459 e. The van der Waals surface area contributed by atoms with Crippen LogP contribution in [0.25, 0.3) is 0 Å². The average molecular weight is 229 g/mol. The van der Waals surface area contributed by atoms with Crippen molar-refractivity contribution in [3.63, 3.8) is 0 Å². The van der Waals surface area contributed by atoms with Gasteiger partial charge in [0, 0.05) is 19.7 Å². The Morgan fingerprint density at radius 2 is 2.00 bits per heavy atom. The summed E-state index contributed by atoms with van der Waals surface area (Å²) in [6.45, 7) is 10.8. The van der Waals surface area contributed by atoms with Gasteiger partial charge in [0.15, 0.2) is 0 Å². The number of hydrogen-bond acceptors (Lipinski definition) is 4. The fourth-order valence-electron chi connectivity index (χ4n) is 1.69. The zero-order valence-electron chi connectivity index (χ0n) is 10.8. The van der Waals surface area contributed by atoms with Crippen LogP contribution in [-0.2, 0) is 14.3 Å². The summed E-state index contributed by atoms with van der Waals surface area (Å²) in [5.74, 6) is -0.144. The molecule has 1 rings (SSSR count). The second kappa shape index (κ2) is 5.64. The Balaban J connectivity index is 2.48. The predicted molar refractivity (Wildman–Crippen MR) is 62.3 cm³/mol. The van der Waals surface area contributed by atoms with Crippen molar-refractivity contribution < 1.29 is 14.3 Å². The summed E-state index contributed by atoms with van der Waals surface area (Å²) >= 11 is 0. The summed E-state index contributed by atoms with van der Waals surface area (Å²) in [7, 11) is 0. The Morgan fingerprint density at radius 3 is 2.62 bits per heavy atom. The third-order valence-corrected chi connectivity index (χ3v) is 2.55. The van der Waals surface area contributed by atoms with Crippen LogP contribution in [0.3, 0.4) is 0 Å². The minimum absolute atomic E-state index is 0.144. The maximum Gasteiger partial charge on any atom is 0.323 e. The number of ether oxygens (including phenoxy) is 2. The van der Waals surface area contributed by atoms with Crippen LogP contribution in [-0.4, -0.2) is 48.8 Å². The van der Waals surface area contributed by atoms with Crippen molar-refractivity contribution in [3.8, 4) is 0 Å². The van der Waals surface area contributed by atoms with E-state index in [9.17, 15) is 4.79 Å². The molecule has 0 saturated carbocycles. The lowest BCUT2D eigenvalue weighted by molar-refractivity contribution is -0.160. The molecule has 0 amide bonds. The molecule has 1 aliphatic heterocycles. The minimum atomic E-state index is -0.409. The van der Waals surface area contributed by atoms with Gasteiger partial charge in [0.1, 0.15) is 11.6 Å². The Morgan fingerprint density at radius 1 is 1.31 bits per heavy atom. The van der Waals surface area contributed by atoms with Gasteiger partial charge < -0.3 is 9.47 Å². The molecule has 0 aromatic heterocycles. The molecule has 1 unspecified atom stereocenters. The second-order valence-corrected chi connectivity index (χ2v) is 5.21. The first-order valence-electron chi connectivity index (χ1n) is 5.95. The maximum atomic E-state index is 11.9. The average Bonchev–Trinajstić information content (AvgIpc) is 2.41. The van der Waals surface area contributed by atoms with Gasteiger partial charge in [-0.25, -0.2) is 0 Å². The molecule has 0 N–H and O–H groups in total. The van der Waals surface area contributed by atoms with E-state index in [2.05, 4.69) is 4.90 Å². The van der Waals surface area contributed by atoms with Gasteiger partial charge in [0.05, 0.1) is 6.61 Å². The Kier molecular flexibility index (Phi) is 4.74. The van der Waals surface area contributed by atoms with Crippen LogP contribution in [0, 0.1) is 0 Å². The molecule has 16 heavy (non-hydrogen) atoms. The van der Waals surface area contributed by atoms with Gasteiger partial charge in [-0.15, -0.1) is 0 Å². The van der Waals surface area contributed by atoms with Crippen molar-refractivity contribution in [3.05, 3.63) is 0 Å². The van der Waals surface area contributed by atoms with Gasteiger partial charge in [-0.2, -0.15) is 0 Å². The van der Waals surface area contributed by atoms with E-state index >= 15 is 0 Å². The zero-order valence-corrected chi connectivity index (χ0v) is 10.8. The lowest BCUT2D eigenvalue weighted by atomic mass is 10.2. The molecule has 0 spiro atoms. The number of esters is 1. The van der Waals surface area contributed by atoms with Crippen molar-refractivity contribution in [2.75, 3.05) is 26.3 Å². The highest BCUT2D eigenvalue weighted by Gasteiger charge is 2.26. The molecule has 94 valence electrons. The van der Waals surface area contributed by atoms with Crippen LogP contribution < -0.4 is 0 Å². The number of carbonyl (C=O) groups excluding carboxylic acids is 1. The lowest BCUT2D eigenvalue weighted by Gasteiger charge is -2.28.